The minimum absolute atomic E-state index is 0.0519. The average Bonchev–Trinajstić information content (AvgIpc) is 2.57. The summed E-state index contributed by atoms with van der Waals surface area (Å²) in [4.78, 5) is 45.2. The smallest absolute Gasteiger partial charge is 0.328 e. The largest absolute Gasteiger partial charge is 0.379 e. The Labute approximate surface area is 138 Å². The van der Waals surface area contributed by atoms with Crippen LogP contribution in [0.5, 0.6) is 0 Å². The van der Waals surface area contributed by atoms with Crippen LogP contribution in [0.3, 0.4) is 0 Å². The summed E-state index contributed by atoms with van der Waals surface area (Å²) in [6, 6.07) is 3.12. The fourth-order valence-electron chi connectivity index (χ4n) is 2.08. The van der Waals surface area contributed by atoms with E-state index in [0.717, 1.165) is 12.1 Å². The van der Waals surface area contributed by atoms with E-state index in [1.807, 2.05) is 0 Å². The molecule has 132 valence electrons. The van der Waals surface area contributed by atoms with Crippen LogP contribution in [0.25, 0.3) is 0 Å². The Morgan fingerprint density at radius 1 is 1.20 bits per heavy atom. The number of nitrogens with zero attached hydrogens (tertiary/aromatic N) is 3. The Hall–Kier alpha value is -3.57. The van der Waals surface area contributed by atoms with E-state index < -0.39 is 38.3 Å². The lowest BCUT2D eigenvalue weighted by Gasteiger charge is -2.08. The number of H-pyrrole nitrogens is 1. The van der Waals surface area contributed by atoms with E-state index in [2.05, 4.69) is 10.3 Å². The maximum Gasteiger partial charge on any atom is 0.328 e. The van der Waals surface area contributed by atoms with Gasteiger partial charge in [0.1, 0.15) is 5.69 Å². The first-order valence-electron chi connectivity index (χ1n) is 6.96. The first-order chi connectivity index (χ1) is 11.8. The quantitative estimate of drug-likeness (QED) is 0.427. The maximum atomic E-state index is 13.1. The Morgan fingerprint density at radius 2 is 1.92 bits per heavy atom. The molecule has 0 atom stereocenters. The Balaban J connectivity index is 2.07. The van der Waals surface area contributed by atoms with Gasteiger partial charge in [-0.25, -0.2) is 4.79 Å². The molecule has 2 rings (SSSR count). The van der Waals surface area contributed by atoms with Crippen molar-refractivity contribution >= 4 is 17.1 Å². The van der Waals surface area contributed by atoms with Gasteiger partial charge in [-0.3, -0.25) is 29.6 Å². The van der Waals surface area contributed by atoms with Gasteiger partial charge in [-0.15, -0.1) is 0 Å². The molecule has 1 heterocycles. The summed E-state index contributed by atoms with van der Waals surface area (Å²) in [5.74, 6) is -1.10. The molecule has 1 aromatic carbocycles. The fraction of sp³-hybridized carbons (Fsp3) is 0.231. The van der Waals surface area contributed by atoms with E-state index in [9.17, 15) is 34.2 Å². The van der Waals surface area contributed by atoms with Crippen LogP contribution in [0.15, 0.2) is 34.0 Å². The summed E-state index contributed by atoms with van der Waals surface area (Å²) in [6.07, 6.45) is 0.847. The lowest BCUT2D eigenvalue weighted by Crippen LogP contribution is -2.36. The number of aromatic amines is 1. The van der Waals surface area contributed by atoms with Crippen molar-refractivity contribution in [3.63, 3.8) is 0 Å². The molecular weight excluding hydrogens is 341 g/mol. The van der Waals surface area contributed by atoms with Crippen LogP contribution >= 0.6 is 0 Å². The van der Waals surface area contributed by atoms with Crippen LogP contribution in [-0.4, -0.2) is 25.9 Å². The second-order valence-corrected chi connectivity index (χ2v) is 4.89. The maximum absolute atomic E-state index is 13.1. The zero-order valence-electron chi connectivity index (χ0n) is 12.6. The molecule has 0 saturated carbocycles. The molecule has 12 heteroatoms. The summed E-state index contributed by atoms with van der Waals surface area (Å²) < 4.78 is 13.8. The molecule has 0 aliphatic rings. The minimum atomic E-state index is -1.10. The average molecular weight is 353 g/mol. The molecule has 0 spiro atoms. The predicted molar refractivity (Wildman–Crippen MR) is 84.1 cm³/mol. The molecule has 1 aromatic heterocycles. The van der Waals surface area contributed by atoms with Gasteiger partial charge in [0.25, 0.3) is 16.9 Å². The van der Waals surface area contributed by atoms with Gasteiger partial charge in [0, 0.05) is 25.4 Å². The number of non-ortho nitro benzene ring substituents is 1. The zero-order chi connectivity index (χ0) is 18.6. The van der Waals surface area contributed by atoms with Crippen molar-refractivity contribution < 1.29 is 14.2 Å². The summed E-state index contributed by atoms with van der Waals surface area (Å²) in [5.41, 5.74) is -2.68. The van der Waals surface area contributed by atoms with E-state index in [1.54, 1.807) is 0 Å². The number of nitro groups is 2. The van der Waals surface area contributed by atoms with Gasteiger partial charge in [0.15, 0.2) is 0 Å². The van der Waals surface area contributed by atoms with Gasteiger partial charge in [-0.2, -0.15) is 4.39 Å². The molecular formula is C13H12FN5O6. The predicted octanol–water partition coefficient (Wildman–Crippen LogP) is 0.994. The highest BCUT2D eigenvalue weighted by molar-refractivity contribution is 5.65. The number of hydrogen-bond donors (Lipinski definition) is 2. The van der Waals surface area contributed by atoms with Crippen LogP contribution in [0.4, 0.5) is 21.5 Å². The van der Waals surface area contributed by atoms with Crippen molar-refractivity contribution in [3.8, 4) is 0 Å². The van der Waals surface area contributed by atoms with E-state index in [1.165, 1.54) is 6.07 Å². The molecule has 2 N–H and O–H groups in total. The second-order valence-electron chi connectivity index (χ2n) is 4.89. The van der Waals surface area contributed by atoms with Gasteiger partial charge in [0.2, 0.25) is 5.82 Å². The molecule has 0 amide bonds. The first-order valence-corrected chi connectivity index (χ1v) is 6.96. The van der Waals surface area contributed by atoms with Crippen molar-refractivity contribution in [2.24, 2.45) is 0 Å². The lowest BCUT2D eigenvalue weighted by molar-refractivity contribution is -0.393. The molecule has 0 unspecified atom stereocenters. The molecule has 0 radical (unpaired) electrons. The van der Waals surface area contributed by atoms with Gasteiger partial charge in [0.05, 0.1) is 15.9 Å². The number of benzene rings is 1. The summed E-state index contributed by atoms with van der Waals surface area (Å²) in [6.45, 7) is 0.000744. The number of anilines is 1. The standard InChI is InChI=1S/C13H12FN5O6/c14-9-7-16-13(21)17(12(9)20)5-1-4-15-10-3-2-8(18(22)23)6-11(10)19(24)25/h2-3,6-7,15H,1,4-5H2,(H,16,21). The SMILES string of the molecule is O=c1[nH]cc(F)c(=O)n1CCCNc1ccc([N+](=O)[O-])cc1[N+](=O)[O-]. The number of nitro benzene ring substituents is 2. The van der Waals surface area contributed by atoms with Crippen molar-refractivity contribution in [2.75, 3.05) is 11.9 Å². The van der Waals surface area contributed by atoms with Crippen LogP contribution < -0.4 is 16.6 Å². The number of halogens is 1. The van der Waals surface area contributed by atoms with Crippen molar-refractivity contribution in [3.05, 3.63) is 71.3 Å². The van der Waals surface area contributed by atoms with Gasteiger partial charge in [-0.1, -0.05) is 0 Å². The highest BCUT2D eigenvalue weighted by Gasteiger charge is 2.19. The normalized spacial score (nSPS) is 10.4. The van der Waals surface area contributed by atoms with Gasteiger partial charge < -0.3 is 10.3 Å². The van der Waals surface area contributed by atoms with Crippen LogP contribution in [0, 0.1) is 26.0 Å². The fourth-order valence-corrected chi connectivity index (χ4v) is 2.08. The third-order valence-corrected chi connectivity index (χ3v) is 3.28. The molecule has 0 bridgehead atoms. The third kappa shape index (κ3) is 4.04. The summed E-state index contributed by atoms with van der Waals surface area (Å²) in [5, 5.41) is 24.3. The topological polar surface area (TPSA) is 153 Å². The molecule has 0 aliphatic heterocycles. The van der Waals surface area contributed by atoms with Crippen molar-refractivity contribution in [1.29, 1.82) is 0 Å². The number of nitrogens with one attached hydrogen (secondary N) is 2. The molecule has 0 fully saturated rings. The van der Waals surface area contributed by atoms with E-state index in [-0.39, 0.29) is 25.2 Å². The molecule has 2 aromatic rings. The van der Waals surface area contributed by atoms with Crippen LogP contribution in [0.1, 0.15) is 6.42 Å². The van der Waals surface area contributed by atoms with Crippen molar-refractivity contribution in [2.45, 2.75) is 13.0 Å². The summed E-state index contributed by atoms with van der Waals surface area (Å²) in [7, 11) is 0. The number of aromatic nitrogens is 2. The minimum Gasteiger partial charge on any atom is -0.379 e. The third-order valence-electron chi connectivity index (χ3n) is 3.28. The first kappa shape index (κ1) is 17.8. The van der Waals surface area contributed by atoms with E-state index in [4.69, 9.17) is 0 Å². The highest BCUT2D eigenvalue weighted by atomic mass is 19.1. The van der Waals surface area contributed by atoms with Crippen LogP contribution in [0.2, 0.25) is 0 Å². The molecule has 25 heavy (non-hydrogen) atoms. The van der Waals surface area contributed by atoms with Gasteiger partial charge >= 0.3 is 5.69 Å². The zero-order valence-corrected chi connectivity index (χ0v) is 12.6. The van der Waals surface area contributed by atoms with Crippen molar-refractivity contribution in [1.82, 2.24) is 9.55 Å². The van der Waals surface area contributed by atoms with Gasteiger partial charge in [-0.05, 0) is 12.5 Å². The Bertz CT molecular complexity index is 937. The summed E-state index contributed by atoms with van der Waals surface area (Å²) >= 11 is 0. The highest BCUT2D eigenvalue weighted by Crippen LogP contribution is 2.28. The number of rotatable bonds is 7. The molecule has 11 nitrogen and oxygen atoms in total. The number of hydrogen-bond acceptors (Lipinski definition) is 7. The lowest BCUT2D eigenvalue weighted by atomic mass is 10.2. The Kier molecular flexibility index (Phi) is 5.22. The van der Waals surface area contributed by atoms with Crippen LogP contribution in [-0.2, 0) is 6.54 Å². The molecule has 0 aliphatic carbocycles. The van der Waals surface area contributed by atoms with E-state index in [0.29, 0.717) is 10.8 Å². The Morgan fingerprint density at radius 3 is 2.56 bits per heavy atom. The van der Waals surface area contributed by atoms with E-state index >= 15 is 0 Å². The monoisotopic (exact) mass is 353 g/mol. The molecule has 0 saturated heterocycles. The second kappa shape index (κ2) is 7.33.